The van der Waals surface area contributed by atoms with E-state index in [1.165, 1.54) is 36.8 Å². The number of aromatic nitrogens is 3. The lowest BCUT2D eigenvalue weighted by atomic mass is 9.90. The van der Waals surface area contributed by atoms with Crippen LogP contribution in [0.15, 0.2) is 42.5 Å². The molecule has 0 bridgehead atoms. The third-order valence-electron chi connectivity index (χ3n) is 7.95. The van der Waals surface area contributed by atoms with Gasteiger partial charge < -0.3 is 5.32 Å². The molecule has 35 heavy (non-hydrogen) atoms. The molecule has 7 heteroatoms. The average molecular weight is 492 g/mol. The molecular weight excluding hydrogens is 461 g/mol. The van der Waals surface area contributed by atoms with Gasteiger partial charge in [-0.25, -0.2) is 9.07 Å². The zero-order valence-electron chi connectivity index (χ0n) is 20.1. The standard InChI is InChI=1S/C28H31ClFN5/c1-18-28-22-10-9-20(19-11-14-34(15-12-19)21-5-2-3-6-21)17-23(22)25(13-16-35(28)33-32-18)31-26-8-4-7-24(29)27(26)30/h4,7-11,17,21,25,31H,2-3,5-6,12-16H2,1H3. The number of benzene rings is 2. The Morgan fingerprint density at radius 1 is 1.09 bits per heavy atom. The highest BCUT2D eigenvalue weighted by Crippen LogP contribution is 2.40. The molecule has 6 rings (SSSR count). The molecule has 1 N–H and O–H groups in total. The van der Waals surface area contributed by atoms with Crippen molar-refractivity contribution >= 4 is 22.9 Å². The minimum Gasteiger partial charge on any atom is -0.376 e. The lowest BCUT2D eigenvalue weighted by Gasteiger charge is -2.32. The van der Waals surface area contributed by atoms with E-state index < -0.39 is 5.82 Å². The Kier molecular flexibility index (Phi) is 6.11. The van der Waals surface area contributed by atoms with Crippen molar-refractivity contribution < 1.29 is 4.39 Å². The fraction of sp³-hybridized carbons (Fsp3) is 0.429. The number of halogens is 2. The van der Waals surface area contributed by atoms with Crippen LogP contribution in [0, 0.1) is 12.7 Å². The van der Waals surface area contributed by atoms with Crippen LogP contribution in [-0.2, 0) is 6.54 Å². The minimum absolute atomic E-state index is 0.0711. The summed E-state index contributed by atoms with van der Waals surface area (Å²) in [7, 11) is 0. The zero-order chi connectivity index (χ0) is 23.9. The van der Waals surface area contributed by atoms with Crippen LogP contribution < -0.4 is 5.32 Å². The highest BCUT2D eigenvalue weighted by molar-refractivity contribution is 6.31. The van der Waals surface area contributed by atoms with Gasteiger partial charge in [0, 0.05) is 31.2 Å². The van der Waals surface area contributed by atoms with Gasteiger partial charge in [0.1, 0.15) is 0 Å². The molecule has 0 spiro atoms. The quantitative estimate of drug-likeness (QED) is 0.444. The average Bonchev–Trinajstić information content (AvgIpc) is 3.51. The van der Waals surface area contributed by atoms with Gasteiger partial charge in [-0.3, -0.25) is 4.90 Å². The van der Waals surface area contributed by atoms with Crippen LogP contribution in [-0.4, -0.2) is 39.0 Å². The molecule has 0 amide bonds. The maximum atomic E-state index is 14.8. The summed E-state index contributed by atoms with van der Waals surface area (Å²) in [5.41, 5.74) is 7.32. The second kappa shape index (κ2) is 9.40. The van der Waals surface area contributed by atoms with Crippen molar-refractivity contribution in [3.63, 3.8) is 0 Å². The molecule has 1 fully saturated rings. The lowest BCUT2D eigenvalue weighted by Crippen LogP contribution is -2.36. The Bertz CT molecular complexity index is 1280. The first-order valence-corrected chi connectivity index (χ1v) is 13.1. The molecule has 1 aromatic heterocycles. The fourth-order valence-electron chi connectivity index (χ4n) is 6.06. The van der Waals surface area contributed by atoms with Crippen molar-refractivity contribution in [2.45, 2.75) is 64.1 Å². The highest BCUT2D eigenvalue weighted by atomic mass is 35.5. The van der Waals surface area contributed by atoms with Crippen LogP contribution in [0.1, 0.15) is 61.4 Å². The summed E-state index contributed by atoms with van der Waals surface area (Å²) < 4.78 is 16.8. The summed E-state index contributed by atoms with van der Waals surface area (Å²) in [5, 5.41) is 12.3. The molecule has 1 unspecified atom stereocenters. The molecule has 182 valence electrons. The maximum absolute atomic E-state index is 14.8. The van der Waals surface area contributed by atoms with Gasteiger partial charge in [-0.15, -0.1) is 5.10 Å². The Morgan fingerprint density at radius 2 is 1.94 bits per heavy atom. The predicted molar refractivity (Wildman–Crippen MR) is 139 cm³/mol. The number of anilines is 1. The van der Waals surface area contributed by atoms with E-state index in [1.807, 2.05) is 11.6 Å². The predicted octanol–water partition coefficient (Wildman–Crippen LogP) is 6.63. The SMILES string of the molecule is Cc1nnn2c1-c1ccc(C3=CCN(C4CCCC4)CC3)cc1C(Nc1cccc(Cl)c1F)CC2. The van der Waals surface area contributed by atoms with Gasteiger partial charge >= 0.3 is 0 Å². The lowest BCUT2D eigenvalue weighted by molar-refractivity contribution is 0.219. The van der Waals surface area contributed by atoms with Crippen molar-refractivity contribution in [1.29, 1.82) is 0 Å². The maximum Gasteiger partial charge on any atom is 0.164 e. The molecule has 0 radical (unpaired) electrons. The molecule has 0 saturated heterocycles. The van der Waals surface area contributed by atoms with Gasteiger partial charge in [0.05, 0.1) is 28.1 Å². The van der Waals surface area contributed by atoms with E-state index in [0.29, 0.717) is 12.2 Å². The van der Waals surface area contributed by atoms with E-state index in [-0.39, 0.29) is 11.1 Å². The molecule has 1 saturated carbocycles. The molecule has 1 aliphatic carbocycles. The Balaban J connectivity index is 1.36. The van der Waals surface area contributed by atoms with Crippen molar-refractivity contribution in [1.82, 2.24) is 19.9 Å². The van der Waals surface area contributed by atoms with Crippen molar-refractivity contribution in [3.05, 3.63) is 70.1 Å². The van der Waals surface area contributed by atoms with Crippen LogP contribution in [0.25, 0.3) is 16.8 Å². The Labute approximate surface area is 211 Å². The third kappa shape index (κ3) is 4.27. The fourth-order valence-corrected chi connectivity index (χ4v) is 6.24. The first kappa shape index (κ1) is 22.7. The summed E-state index contributed by atoms with van der Waals surface area (Å²) in [5.74, 6) is -0.409. The van der Waals surface area contributed by atoms with Gasteiger partial charge in [0.25, 0.3) is 0 Å². The molecule has 3 aliphatic rings. The summed E-state index contributed by atoms with van der Waals surface area (Å²) in [6, 6.07) is 12.5. The van der Waals surface area contributed by atoms with Gasteiger partial charge in [0.15, 0.2) is 5.82 Å². The van der Waals surface area contributed by atoms with E-state index in [2.05, 4.69) is 44.8 Å². The normalized spacial score (nSPS) is 20.8. The summed E-state index contributed by atoms with van der Waals surface area (Å²) in [6.45, 7) is 4.86. The number of nitrogens with one attached hydrogen (secondary N) is 1. The van der Waals surface area contributed by atoms with Crippen LogP contribution in [0.2, 0.25) is 5.02 Å². The van der Waals surface area contributed by atoms with Crippen LogP contribution >= 0.6 is 11.6 Å². The van der Waals surface area contributed by atoms with E-state index in [1.54, 1.807) is 18.2 Å². The minimum atomic E-state index is -0.409. The highest BCUT2D eigenvalue weighted by Gasteiger charge is 2.28. The first-order valence-electron chi connectivity index (χ1n) is 12.8. The van der Waals surface area contributed by atoms with Crippen molar-refractivity contribution in [3.8, 4) is 11.3 Å². The first-order chi connectivity index (χ1) is 17.1. The van der Waals surface area contributed by atoms with Crippen LogP contribution in [0.3, 0.4) is 0 Å². The molecule has 3 heterocycles. The largest absolute Gasteiger partial charge is 0.376 e. The third-order valence-corrected chi connectivity index (χ3v) is 8.24. The van der Waals surface area contributed by atoms with Crippen LogP contribution in [0.5, 0.6) is 0 Å². The monoisotopic (exact) mass is 491 g/mol. The molecule has 3 aromatic rings. The van der Waals surface area contributed by atoms with Crippen molar-refractivity contribution in [2.24, 2.45) is 0 Å². The van der Waals surface area contributed by atoms with Gasteiger partial charge in [-0.2, -0.15) is 0 Å². The van der Waals surface area contributed by atoms with E-state index in [0.717, 1.165) is 54.5 Å². The van der Waals surface area contributed by atoms with Crippen molar-refractivity contribution in [2.75, 3.05) is 18.4 Å². The molecular formula is C28H31ClFN5. The second-order valence-corrected chi connectivity index (χ2v) is 10.5. The summed E-state index contributed by atoms with van der Waals surface area (Å²) >= 11 is 6.08. The number of fused-ring (bicyclic) bond motifs is 3. The van der Waals surface area contributed by atoms with Gasteiger partial charge in [-0.05, 0) is 67.5 Å². The number of aryl methyl sites for hydroxylation is 2. The molecule has 1 atom stereocenters. The smallest absolute Gasteiger partial charge is 0.164 e. The number of rotatable bonds is 4. The molecule has 2 aromatic carbocycles. The van der Waals surface area contributed by atoms with E-state index in [9.17, 15) is 4.39 Å². The topological polar surface area (TPSA) is 46.0 Å². The van der Waals surface area contributed by atoms with E-state index in [4.69, 9.17) is 11.6 Å². The Morgan fingerprint density at radius 3 is 2.74 bits per heavy atom. The summed E-state index contributed by atoms with van der Waals surface area (Å²) in [4.78, 5) is 2.65. The Hall–Kier alpha value is -2.70. The van der Waals surface area contributed by atoms with E-state index >= 15 is 0 Å². The summed E-state index contributed by atoms with van der Waals surface area (Å²) in [6.07, 6.45) is 9.68. The molecule has 2 aliphatic heterocycles. The molecule has 5 nitrogen and oxygen atoms in total. The second-order valence-electron chi connectivity index (χ2n) is 10.0. The van der Waals surface area contributed by atoms with Gasteiger partial charge in [-0.1, -0.05) is 53.9 Å². The number of hydrogen-bond acceptors (Lipinski definition) is 4. The number of nitrogens with zero attached hydrogens (tertiary/aromatic N) is 4. The number of hydrogen-bond donors (Lipinski definition) is 1. The van der Waals surface area contributed by atoms with Crippen LogP contribution in [0.4, 0.5) is 10.1 Å². The van der Waals surface area contributed by atoms with Gasteiger partial charge in [0.2, 0.25) is 0 Å². The zero-order valence-corrected chi connectivity index (χ0v) is 20.9.